The zero-order valence-electron chi connectivity index (χ0n) is 16.8. The Morgan fingerprint density at radius 1 is 1.03 bits per heavy atom. The van der Waals surface area contributed by atoms with Gasteiger partial charge in [0.05, 0.1) is 18.9 Å². The standard InChI is InChI=1S/C19H18F3N5O4S/c1-13-11-15(14-5-3-2-4-6-14)25-27(13)17-12-16(26-7-9-30-10-8-26)23-18(24-17)31-32(28,29)19(20,21)22/h2-6,11-12H,7-10H2,1H3. The second-order valence-electron chi connectivity index (χ2n) is 6.90. The summed E-state index contributed by atoms with van der Waals surface area (Å²) in [5, 5.41) is 4.48. The van der Waals surface area contributed by atoms with Gasteiger partial charge >= 0.3 is 21.6 Å². The van der Waals surface area contributed by atoms with Crippen LogP contribution in [0.4, 0.5) is 19.0 Å². The Bertz CT molecular complexity index is 1210. The van der Waals surface area contributed by atoms with Gasteiger partial charge in [0.25, 0.3) is 0 Å². The first kappa shape index (κ1) is 22.0. The lowest BCUT2D eigenvalue weighted by atomic mass is 10.1. The molecule has 32 heavy (non-hydrogen) atoms. The SMILES string of the molecule is Cc1cc(-c2ccccc2)nn1-c1cc(N2CCOCC2)nc(OS(=O)(=O)C(F)(F)F)n1. The minimum absolute atomic E-state index is 0.0635. The van der Waals surface area contributed by atoms with Gasteiger partial charge in [-0.15, -0.1) is 0 Å². The summed E-state index contributed by atoms with van der Waals surface area (Å²) in [6, 6.07) is 11.6. The maximum absolute atomic E-state index is 12.8. The average Bonchev–Trinajstić information content (AvgIpc) is 3.15. The molecule has 1 aliphatic heterocycles. The van der Waals surface area contributed by atoms with Crippen molar-refractivity contribution in [2.45, 2.75) is 12.4 Å². The molecular formula is C19H18F3N5O4S. The van der Waals surface area contributed by atoms with Gasteiger partial charge in [-0.25, -0.2) is 4.68 Å². The summed E-state index contributed by atoms with van der Waals surface area (Å²) < 4.78 is 72.5. The van der Waals surface area contributed by atoms with Crippen LogP contribution in [-0.2, 0) is 14.9 Å². The van der Waals surface area contributed by atoms with E-state index < -0.39 is 21.6 Å². The molecule has 0 atom stereocenters. The number of halogens is 3. The molecule has 0 spiro atoms. The molecule has 0 radical (unpaired) electrons. The first-order valence-electron chi connectivity index (χ1n) is 9.49. The van der Waals surface area contributed by atoms with Crippen LogP contribution in [0, 0.1) is 6.92 Å². The minimum Gasteiger partial charge on any atom is -0.378 e. The maximum Gasteiger partial charge on any atom is 0.534 e. The van der Waals surface area contributed by atoms with E-state index in [0.29, 0.717) is 37.7 Å². The molecule has 0 amide bonds. The number of aryl methyl sites for hydroxylation is 1. The number of ether oxygens (including phenoxy) is 1. The molecule has 13 heteroatoms. The number of anilines is 1. The molecule has 3 heterocycles. The monoisotopic (exact) mass is 469 g/mol. The second-order valence-corrected chi connectivity index (χ2v) is 8.44. The van der Waals surface area contributed by atoms with Crippen molar-refractivity contribution in [3.63, 3.8) is 0 Å². The van der Waals surface area contributed by atoms with Crippen LogP contribution in [0.3, 0.4) is 0 Å². The van der Waals surface area contributed by atoms with Crippen molar-refractivity contribution in [2.75, 3.05) is 31.2 Å². The number of hydrogen-bond donors (Lipinski definition) is 0. The molecule has 2 aromatic heterocycles. The zero-order chi connectivity index (χ0) is 22.9. The fourth-order valence-electron chi connectivity index (χ4n) is 3.10. The van der Waals surface area contributed by atoms with Gasteiger partial charge < -0.3 is 13.8 Å². The second kappa shape index (κ2) is 8.39. The topological polar surface area (TPSA) is 99.4 Å². The highest BCUT2D eigenvalue weighted by Crippen LogP contribution is 2.28. The Labute approximate surface area is 181 Å². The fourth-order valence-corrected chi connectivity index (χ4v) is 3.47. The van der Waals surface area contributed by atoms with Gasteiger partial charge in [-0.1, -0.05) is 30.3 Å². The van der Waals surface area contributed by atoms with Crippen LogP contribution in [0.15, 0.2) is 42.5 Å². The highest BCUT2D eigenvalue weighted by atomic mass is 32.2. The summed E-state index contributed by atoms with van der Waals surface area (Å²) in [5.41, 5.74) is -3.55. The van der Waals surface area contributed by atoms with E-state index in [1.54, 1.807) is 17.9 Å². The third kappa shape index (κ3) is 4.53. The van der Waals surface area contributed by atoms with Gasteiger partial charge in [0.2, 0.25) is 0 Å². The van der Waals surface area contributed by atoms with Crippen LogP contribution in [0.1, 0.15) is 5.69 Å². The molecule has 0 unspecified atom stereocenters. The third-order valence-corrected chi connectivity index (χ3v) is 5.59. The van der Waals surface area contributed by atoms with Gasteiger partial charge in [0, 0.05) is 30.4 Å². The summed E-state index contributed by atoms with van der Waals surface area (Å²) in [6.07, 6.45) is 0. The average molecular weight is 469 g/mol. The van der Waals surface area contributed by atoms with E-state index >= 15 is 0 Å². The lowest BCUT2D eigenvalue weighted by Gasteiger charge is -2.28. The lowest BCUT2D eigenvalue weighted by molar-refractivity contribution is -0.0502. The lowest BCUT2D eigenvalue weighted by Crippen LogP contribution is -2.37. The highest BCUT2D eigenvalue weighted by molar-refractivity contribution is 7.87. The first-order valence-corrected chi connectivity index (χ1v) is 10.9. The Morgan fingerprint density at radius 3 is 2.34 bits per heavy atom. The fraction of sp³-hybridized carbons (Fsp3) is 0.316. The van der Waals surface area contributed by atoms with Gasteiger partial charge in [-0.2, -0.15) is 36.7 Å². The van der Waals surface area contributed by atoms with Crippen LogP contribution in [0.5, 0.6) is 6.01 Å². The number of rotatable bonds is 5. The van der Waals surface area contributed by atoms with Gasteiger partial charge in [-0.05, 0) is 13.0 Å². The maximum atomic E-state index is 12.8. The van der Waals surface area contributed by atoms with E-state index in [4.69, 9.17) is 4.74 Å². The van der Waals surface area contributed by atoms with Gasteiger partial charge in [0.1, 0.15) is 5.82 Å². The van der Waals surface area contributed by atoms with E-state index in [0.717, 1.165) is 5.56 Å². The number of aromatic nitrogens is 4. The van der Waals surface area contributed by atoms with Crippen molar-refractivity contribution in [1.82, 2.24) is 19.7 Å². The molecule has 0 aliphatic carbocycles. The van der Waals surface area contributed by atoms with E-state index in [1.807, 2.05) is 30.3 Å². The number of morpholine rings is 1. The van der Waals surface area contributed by atoms with Crippen molar-refractivity contribution in [3.8, 4) is 23.1 Å². The van der Waals surface area contributed by atoms with E-state index in [9.17, 15) is 21.6 Å². The first-order chi connectivity index (χ1) is 15.1. The number of hydrogen-bond acceptors (Lipinski definition) is 8. The number of benzene rings is 1. The van der Waals surface area contributed by atoms with Crippen molar-refractivity contribution >= 4 is 15.9 Å². The molecule has 3 aromatic rings. The smallest absolute Gasteiger partial charge is 0.378 e. The molecule has 170 valence electrons. The Kier molecular flexibility index (Phi) is 5.77. The van der Waals surface area contributed by atoms with Crippen LogP contribution in [0.2, 0.25) is 0 Å². The Balaban J connectivity index is 1.78. The third-order valence-electron chi connectivity index (χ3n) is 4.66. The number of alkyl halides is 3. The largest absolute Gasteiger partial charge is 0.534 e. The van der Waals surface area contributed by atoms with Crippen LogP contribution >= 0.6 is 0 Å². The molecule has 0 N–H and O–H groups in total. The molecule has 0 saturated carbocycles. The predicted molar refractivity (Wildman–Crippen MR) is 108 cm³/mol. The molecule has 9 nitrogen and oxygen atoms in total. The van der Waals surface area contributed by atoms with Crippen molar-refractivity contribution in [2.24, 2.45) is 0 Å². The van der Waals surface area contributed by atoms with Gasteiger partial charge in [-0.3, -0.25) is 0 Å². The molecule has 1 saturated heterocycles. The Morgan fingerprint density at radius 2 is 1.69 bits per heavy atom. The predicted octanol–water partition coefficient (Wildman–Crippen LogP) is 2.70. The highest BCUT2D eigenvalue weighted by Gasteiger charge is 2.49. The summed E-state index contributed by atoms with van der Waals surface area (Å²) >= 11 is 0. The van der Waals surface area contributed by atoms with Crippen molar-refractivity contribution in [1.29, 1.82) is 0 Å². The molecule has 1 fully saturated rings. The normalized spacial score (nSPS) is 15.1. The molecule has 1 aromatic carbocycles. The van der Waals surface area contributed by atoms with Crippen LogP contribution in [-0.4, -0.2) is 60.0 Å². The van der Waals surface area contributed by atoms with Crippen LogP contribution < -0.4 is 9.08 Å². The summed E-state index contributed by atoms with van der Waals surface area (Å²) in [4.78, 5) is 9.52. The van der Waals surface area contributed by atoms with Crippen molar-refractivity contribution in [3.05, 3.63) is 48.2 Å². The van der Waals surface area contributed by atoms with Gasteiger partial charge in [0.15, 0.2) is 5.82 Å². The summed E-state index contributed by atoms with van der Waals surface area (Å²) in [5.74, 6) is 0.260. The quantitative estimate of drug-likeness (QED) is 0.416. The van der Waals surface area contributed by atoms with E-state index in [2.05, 4.69) is 19.2 Å². The molecule has 0 bridgehead atoms. The molecular weight excluding hydrogens is 451 g/mol. The van der Waals surface area contributed by atoms with E-state index in [-0.39, 0.29) is 11.6 Å². The summed E-state index contributed by atoms with van der Waals surface area (Å²) in [7, 11) is -5.94. The van der Waals surface area contributed by atoms with Crippen molar-refractivity contribution < 1.29 is 30.5 Å². The number of nitrogens with zero attached hydrogens (tertiary/aromatic N) is 5. The van der Waals surface area contributed by atoms with Crippen LogP contribution in [0.25, 0.3) is 17.1 Å². The zero-order valence-corrected chi connectivity index (χ0v) is 17.6. The van der Waals surface area contributed by atoms with E-state index in [1.165, 1.54) is 10.7 Å². The summed E-state index contributed by atoms with van der Waals surface area (Å²) in [6.45, 7) is 3.33. The molecule has 1 aliphatic rings. The molecule has 4 rings (SSSR count). The minimum atomic E-state index is -5.94. The Hall–Kier alpha value is -3.19.